The first kappa shape index (κ1) is 17.3. The van der Waals surface area contributed by atoms with Gasteiger partial charge >= 0.3 is 5.97 Å². The van der Waals surface area contributed by atoms with Crippen molar-refractivity contribution in [3.8, 4) is 0 Å². The quantitative estimate of drug-likeness (QED) is 0.801. The molecule has 2 rings (SSSR count). The van der Waals surface area contributed by atoms with Crippen molar-refractivity contribution in [3.63, 3.8) is 0 Å². The molecule has 0 aliphatic rings. The van der Waals surface area contributed by atoms with Gasteiger partial charge in [-0.25, -0.2) is 9.37 Å². The second kappa shape index (κ2) is 8.01. The van der Waals surface area contributed by atoms with Gasteiger partial charge in [-0.15, -0.1) is 0 Å². The standard InChI is InChI=1S/C16H20FN3O2S/c1-11(2)10-20(8-7-15(21)22)16-18-14(19-23-16)9-12-3-5-13(17)6-4-12/h3-6,11H,7-10H2,1-2H3,(H,21,22). The van der Waals surface area contributed by atoms with E-state index in [9.17, 15) is 9.18 Å². The molecule has 1 aromatic heterocycles. The van der Waals surface area contributed by atoms with Crippen LogP contribution in [-0.4, -0.2) is 33.5 Å². The minimum Gasteiger partial charge on any atom is -0.481 e. The SMILES string of the molecule is CC(C)CN(CCC(=O)O)c1nc(Cc2ccc(F)cc2)ns1. The van der Waals surface area contributed by atoms with Gasteiger partial charge in [0.25, 0.3) is 0 Å². The average Bonchev–Trinajstić information content (AvgIpc) is 2.94. The highest BCUT2D eigenvalue weighted by Crippen LogP contribution is 2.20. The van der Waals surface area contributed by atoms with Crippen molar-refractivity contribution >= 4 is 22.6 Å². The van der Waals surface area contributed by atoms with E-state index in [-0.39, 0.29) is 12.2 Å². The van der Waals surface area contributed by atoms with E-state index in [4.69, 9.17) is 5.11 Å². The summed E-state index contributed by atoms with van der Waals surface area (Å²) in [4.78, 5) is 17.3. The Kier molecular flexibility index (Phi) is 6.04. The first-order valence-corrected chi connectivity index (χ1v) is 8.25. The lowest BCUT2D eigenvalue weighted by atomic mass is 10.1. The number of halogens is 1. The Morgan fingerprint density at radius 3 is 2.65 bits per heavy atom. The summed E-state index contributed by atoms with van der Waals surface area (Å²) in [6.45, 7) is 5.31. The predicted octanol–water partition coefficient (Wildman–Crippen LogP) is 3.21. The van der Waals surface area contributed by atoms with Crippen molar-refractivity contribution in [2.24, 2.45) is 5.92 Å². The van der Waals surface area contributed by atoms with E-state index in [1.807, 2.05) is 4.90 Å². The summed E-state index contributed by atoms with van der Waals surface area (Å²) in [5.41, 5.74) is 0.941. The van der Waals surface area contributed by atoms with Crippen LogP contribution in [0.2, 0.25) is 0 Å². The van der Waals surface area contributed by atoms with E-state index in [2.05, 4.69) is 23.2 Å². The molecule has 0 saturated heterocycles. The Hall–Kier alpha value is -2.02. The maximum Gasteiger partial charge on any atom is 0.305 e. The summed E-state index contributed by atoms with van der Waals surface area (Å²) in [6.07, 6.45) is 0.602. The second-order valence-electron chi connectivity index (χ2n) is 5.78. The van der Waals surface area contributed by atoms with Crippen LogP contribution < -0.4 is 4.90 Å². The first-order valence-electron chi connectivity index (χ1n) is 7.48. The molecule has 0 atom stereocenters. The molecule has 2 aromatic rings. The van der Waals surface area contributed by atoms with Gasteiger partial charge in [0, 0.05) is 31.0 Å². The van der Waals surface area contributed by atoms with Crippen LogP contribution in [0.1, 0.15) is 31.7 Å². The smallest absolute Gasteiger partial charge is 0.305 e. The fraction of sp³-hybridized carbons (Fsp3) is 0.438. The lowest BCUT2D eigenvalue weighted by Crippen LogP contribution is -2.29. The van der Waals surface area contributed by atoms with Crippen LogP contribution in [-0.2, 0) is 11.2 Å². The number of hydrogen-bond acceptors (Lipinski definition) is 5. The van der Waals surface area contributed by atoms with E-state index < -0.39 is 5.97 Å². The van der Waals surface area contributed by atoms with Gasteiger partial charge in [-0.2, -0.15) is 4.37 Å². The zero-order valence-corrected chi connectivity index (χ0v) is 14.0. The maximum absolute atomic E-state index is 12.9. The van der Waals surface area contributed by atoms with Gasteiger partial charge in [0.05, 0.1) is 6.42 Å². The molecular formula is C16H20FN3O2S. The molecular weight excluding hydrogens is 317 g/mol. The molecule has 0 spiro atoms. The predicted molar refractivity (Wildman–Crippen MR) is 88.4 cm³/mol. The van der Waals surface area contributed by atoms with E-state index >= 15 is 0 Å². The molecule has 7 heteroatoms. The highest BCUT2D eigenvalue weighted by molar-refractivity contribution is 7.09. The molecule has 1 heterocycles. The third-order valence-electron chi connectivity index (χ3n) is 3.18. The van der Waals surface area contributed by atoms with Gasteiger partial charge in [0.2, 0.25) is 5.13 Å². The topological polar surface area (TPSA) is 66.3 Å². The summed E-state index contributed by atoms with van der Waals surface area (Å²) in [7, 11) is 0. The third kappa shape index (κ3) is 5.59. The number of rotatable bonds is 8. The first-order chi connectivity index (χ1) is 10.9. The number of carbonyl (C=O) groups is 1. The van der Waals surface area contributed by atoms with Crippen LogP contribution in [0.5, 0.6) is 0 Å². The lowest BCUT2D eigenvalue weighted by Gasteiger charge is -2.22. The van der Waals surface area contributed by atoms with Gasteiger partial charge in [-0.05, 0) is 23.6 Å². The molecule has 1 aromatic carbocycles. The van der Waals surface area contributed by atoms with Crippen LogP contribution in [0.3, 0.4) is 0 Å². The molecule has 0 bridgehead atoms. The molecule has 23 heavy (non-hydrogen) atoms. The number of aromatic nitrogens is 2. The Bertz CT molecular complexity index is 643. The summed E-state index contributed by atoms with van der Waals surface area (Å²) < 4.78 is 17.3. The van der Waals surface area contributed by atoms with Crippen LogP contribution >= 0.6 is 11.5 Å². The molecule has 0 unspecified atom stereocenters. The maximum atomic E-state index is 12.9. The number of aliphatic carboxylic acids is 1. The van der Waals surface area contributed by atoms with Crippen molar-refractivity contribution in [2.75, 3.05) is 18.0 Å². The van der Waals surface area contributed by atoms with Crippen molar-refractivity contribution in [2.45, 2.75) is 26.7 Å². The molecule has 0 amide bonds. The van der Waals surface area contributed by atoms with Gasteiger partial charge in [-0.3, -0.25) is 4.79 Å². The molecule has 0 radical (unpaired) electrons. The Labute approximate surface area is 139 Å². The number of carboxylic acid groups (broad SMARTS) is 1. The largest absolute Gasteiger partial charge is 0.481 e. The van der Waals surface area contributed by atoms with Gasteiger partial charge in [-0.1, -0.05) is 26.0 Å². The monoisotopic (exact) mass is 337 g/mol. The molecule has 0 saturated carbocycles. The Balaban J connectivity index is 2.07. The molecule has 0 aliphatic heterocycles. The second-order valence-corrected chi connectivity index (χ2v) is 6.51. The molecule has 0 aliphatic carbocycles. The van der Waals surface area contributed by atoms with E-state index in [1.54, 1.807) is 12.1 Å². The number of nitrogens with zero attached hydrogens (tertiary/aromatic N) is 3. The van der Waals surface area contributed by atoms with Gasteiger partial charge < -0.3 is 10.0 Å². The van der Waals surface area contributed by atoms with Crippen molar-refractivity contribution < 1.29 is 14.3 Å². The fourth-order valence-electron chi connectivity index (χ4n) is 2.17. The summed E-state index contributed by atoms with van der Waals surface area (Å²) in [5, 5.41) is 9.61. The fourth-order valence-corrected chi connectivity index (χ4v) is 2.89. The number of hydrogen-bond donors (Lipinski definition) is 1. The molecule has 1 N–H and O–H groups in total. The molecule has 5 nitrogen and oxygen atoms in total. The van der Waals surface area contributed by atoms with Crippen molar-refractivity contribution in [1.29, 1.82) is 0 Å². The normalized spacial score (nSPS) is 11.0. The summed E-state index contributed by atoms with van der Waals surface area (Å²) >= 11 is 1.27. The highest BCUT2D eigenvalue weighted by Gasteiger charge is 2.15. The number of benzene rings is 1. The van der Waals surface area contributed by atoms with Gasteiger partial charge in [0.15, 0.2) is 0 Å². The van der Waals surface area contributed by atoms with E-state index in [0.29, 0.717) is 24.7 Å². The number of anilines is 1. The zero-order valence-electron chi connectivity index (χ0n) is 13.2. The minimum absolute atomic E-state index is 0.0690. The van der Waals surface area contributed by atoms with Crippen LogP contribution in [0, 0.1) is 11.7 Å². The highest BCUT2D eigenvalue weighted by atomic mass is 32.1. The summed E-state index contributed by atoms with van der Waals surface area (Å²) in [6, 6.07) is 6.26. The van der Waals surface area contributed by atoms with Crippen molar-refractivity contribution in [1.82, 2.24) is 9.36 Å². The van der Waals surface area contributed by atoms with E-state index in [0.717, 1.165) is 17.2 Å². The molecule has 124 valence electrons. The number of carboxylic acids is 1. The zero-order chi connectivity index (χ0) is 16.8. The van der Waals surface area contributed by atoms with E-state index in [1.165, 1.54) is 23.7 Å². The third-order valence-corrected chi connectivity index (χ3v) is 4.00. The minimum atomic E-state index is -0.824. The lowest BCUT2D eigenvalue weighted by molar-refractivity contribution is -0.136. The van der Waals surface area contributed by atoms with Gasteiger partial charge in [0.1, 0.15) is 11.6 Å². The average molecular weight is 337 g/mol. The van der Waals surface area contributed by atoms with Crippen LogP contribution in [0.15, 0.2) is 24.3 Å². The summed E-state index contributed by atoms with van der Waals surface area (Å²) in [5.74, 6) is -0.0267. The van der Waals surface area contributed by atoms with Crippen LogP contribution in [0.25, 0.3) is 0 Å². The van der Waals surface area contributed by atoms with Crippen LogP contribution in [0.4, 0.5) is 9.52 Å². The Morgan fingerprint density at radius 2 is 2.04 bits per heavy atom. The van der Waals surface area contributed by atoms with Crippen molar-refractivity contribution in [3.05, 3.63) is 41.5 Å². The molecule has 0 fully saturated rings. The Morgan fingerprint density at radius 1 is 1.35 bits per heavy atom.